The second kappa shape index (κ2) is 13.8. The van der Waals surface area contributed by atoms with Crippen LogP contribution in [0.1, 0.15) is 77.5 Å². The van der Waals surface area contributed by atoms with Crippen LogP contribution in [0.4, 0.5) is 0 Å². The number of fused-ring (bicyclic) bond motifs is 3. The molecule has 220 valence electrons. The van der Waals surface area contributed by atoms with Gasteiger partial charge in [-0.25, -0.2) is 0 Å². The van der Waals surface area contributed by atoms with Gasteiger partial charge in [0.15, 0.2) is 0 Å². The summed E-state index contributed by atoms with van der Waals surface area (Å²) in [6.45, 7) is 13.9. The van der Waals surface area contributed by atoms with Crippen LogP contribution in [0.15, 0.2) is 118 Å². The zero-order chi connectivity index (χ0) is 28.7. The average molecular weight is 685 g/mol. The van der Waals surface area contributed by atoms with E-state index in [0.29, 0.717) is 9.54 Å². The van der Waals surface area contributed by atoms with Gasteiger partial charge in [-0.1, -0.05) is 0 Å². The van der Waals surface area contributed by atoms with Crippen molar-refractivity contribution in [3.8, 4) is 11.1 Å². The van der Waals surface area contributed by atoms with Gasteiger partial charge in [-0.3, -0.25) is 0 Å². The Hall–Kier alpha value is -2.31. The number of rotatable bonds is 6. The third-order valence-electron chi connectivity index (χ3n) is 8.94. The molecule has 3 heteroatoms. The van der Waals surface area contributed by atoms with Crippen molar-refractivity contribution >= 4 is 3.21 Å². The summed E-state index contributed by atoms with van der Waals surface area (Å²) in [7, 11) is 0. The summed E-state index contributed by atoms with van der Waals surface area (Å²) < 4.78 is 3.85. The fraction of sp³-hybridized carbons (Fsp3) is 0.275. The zero-order valence-electron chi connectivity index (χ0n) is 26.2. The van der Waals surface area contributed by atoms with Gasteiger partial charge >= 0.3 is 256 Å². The number of hydrogen-bond acceptors (Lipinski definition) is 0. The normalized spacial score (nSPS) is 15.2. The van der Waals surface area contributed by atoms with Gasteiger partial charge in [0.1, 0.15) is 0 Å². The second-order valence-electron chi connectivity index (χ2n) is 13.0. The fourth-order valence-corrected chi connectivity index (χ4v) is 16.4. The molecule has 4 aromatic rings. The first-order valence-electron chi connectivity index (χ1n) is 15.3. The number of benzene rings is 4. The average Bonchev–Trinajstić information content (AvgIpc) is 3.53. The van der Waals surface area contributed by atoms with Crippen LogP contribution in [0, 0.1) is 25.2 Å². The maximum absolute atomic E-state index is 2.76. The molecule has 0 radical (unpaired) electrons. The van der Waals surface area contributed by atoms with Crippen LogP contribution in [-0.2, 0) is 21.3 Å². The quantitative estimate of drug-likeness (QED) is 0.280. The van der Waals surface area contributed by atoms with Crippen LogP contribution >= 0.6 is 0 Å². The van der Waals surface area contributed by atoms with Gasteiger partial charge in [0.2, 0.25) is 0 Å². The molecule has 0 spiro atoms. The van der Waals surface area contributed by atoms with Gasteiger partial charge in [-0.05, 0) is 0 Å². The Bertz CT molecular complexity index is 1590. The summed E-state index contributed by atoms with van der Waals surface area (Å²) >= 11 is -2.76. The van der Waals surface area contributed by atoms with E-state index in [2.05, 4.69) is 151 Å². The molecule has 1 unspecified atom stereocenters. The van der Waals surface area contributed by atoms with Crippen molar-refractivity contribution in [3.05, 3.63) is 151 Å². The third-order valence-corrected chi connectivity index (χ3v) is 17.4. The molecule has 0 aromatic heterocycles. The molecule has 0 saturated carbocycles. The Morgan fingerprint density at radius 2 is 1.14 bits per heavy atom. The van der Waals surface area contributed by atoms with Crippen LogP contribution in [-0.4, -0.2) is 3.21 Å². The van der Waals surface area contributed by atoms with Crippen LogP contribution in [0.25, 0.3) is 11.1 Å². The molecular formula is C40H42Cl2Zr. The minimum atomic E-state index is -2.76. The zero-order valence-corrected chi connectivity index (χ0v) is 30.2. The molecule has 0 nitrogen and oxygen atoms in total. The van der Waals surface area contributed by atoms with E-state index in [1.165, 1.54) is 51.8 Å². The number of aryl methyl sites for hydroxylation is 2. The predicted octanol–water partition coefficient (Wildman–Crippen LogP) is 4.55. The molecule has 0 heterocycles. The summed E-state index contributed by atoms with van der Waals surface area (Å²) in [6.07, 6.45) is 7.75. The molecule has 0 fully saturated rings. The Morgan fingerprint density at radius 1 is 0.674 bits per heavy atom. The Morgan fingerprint density at radius 3 is 1.58 bits per heavy atom. The van der Waals surface area contributed by atoms with Gasteiger partial charge in [0.05, 0.1) is 0 Å². The Labute approximate surface area is 279 Å². The first-order chi connectivity index (χ1) is 19.8. The number of hydrogen-bond donors (Lipinski definition) is 0. The van der Waals surface area contributed by atoms with E-state index >= 15 is 0 Å². The summed E-state index contributed by atoms with van der Waals surface area (Å²) in [5.41, 5.74) is 13.1. The standard InChI is InChI=1S/C15H14.C13H9.C12H19.2ClH.Zr/c1-12-3-7-14(8-4-12)11-15-9-5-13(2)6-10-15;1-3-7-12-10(5-1)9-11-6-2-4-8-13(11)12;1-5-6-10-7-8-11(9-10)12(2,3)4;;;/h3-10H,1-2H3;1-9H;8-10H,5-6H2,1-4H3;2*1H;/q;;;;;+2/p-2. The molecule has 2 aliphatic rings. The van der Waals surface area contributed by atoms with Crippen molar-refractivity contribution in [1.29, 1.82) is 0 Å². The predicted molar refractivity (Wildman–Crippen MR) is 173 cm³/mol. The van der Waals surface area contributed by atoms with Crippen molar-refractivity contribution in [1.82, 2.24) is 0 Å². The van der Waals surface area contributed by atoms with Crippen LogP contribution in [0.3, 0.4) is 0 Å². The Balaban J connectivity index is 0.00000212. The maximum Gasteiger partial charge on any atom is -1.00 e. The van der Waals surface area contributed by atoms with Gasteiger partial charge < -0.3 is 24.8 Å². The van der Waals surface area contributed by atoms with E-state index in [4.69, 9.17) is 0 Å². The topological polar surface area (TPSA) is 0 Å². The summed E-state index contributed by atoms with van der Waals surface area (Å²) in [5.74, 6) is 0.523. The minimum absolute atomic E-state index is 0. The molecule has 0 N–H and O–H groups in total. The fourth-order valence-electron chi connectivity index (χ4n) is 6.76. The SMILES string of the molecule is CCCC1C=C(C(C)(C)C)C=[C]1[Zr+2](=[C](c1ccc(C)cc1)c1ccc(C)cc1)[CH]1c2ccccc2-c2ccccc21.[Cl-].[Cl-]. The second-order valence-corrected chi connectivity index (χ2v) is 19.1. The van der Waals surface area contributed by atoms with Crippen LogP contribution < -0.4 is 24.8 Å². The smallest absolute Gasteiger partial charge is 1.00 e. The van der Waals surface area contributed by atoms with Gasteiger partial charge in [-0.2, -0.15) is 0 Å². The molecule has 1 atom stereocenters. The van der Waals surface area contributed by atoms with Crippen molar-refractivity contribution in [2.24, 2.45) is 11.3 Å². The first-order valence-corrected chi connectivity index (χ1v) is 19.1. The molecule has 6 rings (SSSR count). The largest absolute Gasteiger partial charge is 1.00 e. The van der Waals surface area contributed by atoms with E-state index in [-0.39, 0.29) is 30.2 Å². The number of allylic oxidation sites excluding steroid dienone is 4. The molecule has 0 bridgehead atoms. The van der Waals surface area contributed by atoms with E-state index in [1.54, 1.807) is 17.6 Å². The first kappa shape index (κ1) is 33.6. The van der Waals surface area contributed by atoms with Crippen molar-refractivity contribution in [2.45, 2.75) is 58.0 Å². The third kappa shape index (κ3) is 6.56. The van der Waals surface area contributed by atoms with Crippen molar-refractivity contribution < 1.29 is 46.1 Å². The van der Waals surface area contributed by atoms with Gasteiger partial charge in [-0.15, -0.1) is 0 Å². The molecule has 0 aliphatic heterocycles. The molecule has 2 aliphatic carbocycles. The molecule has 43 heavy (non-hydrogen) atoms. The van der Waals surface area contributed by atoms with E-state index < -0.39 is 21.3 Å². The monoisotopic (exact) mass is 682 g/mol. The molecule has 0 amide bonds. The maximum atomic E-state index is 2.68. The van der Waals surface area contributed by atoms with Gasteiger partial charge in [0, 0.05) is 0 Å². The van der Waals surface area contributed by atoms with Crippen molar-refractivity contribution in [2.75, 3.05) is 0 Å². The summed E-state index contributed by atoms with van der Waals surface area (Å²) in [4.78, 5) is 0. The minimum Gasteiger partial charge on any atom is -1.00 e. The molecule has 0 saturated heterocycles. The van der Waals surface area contributed by atoms with E-state index in [9.17, 15) is 0 Å². The Kier molecular flexibility index (Phi) is 10.8. The van der Waals surface area contributed by atoms with Crippen molar-refractivity contribution in [3.63, 3.8) is 0 Å². The molecule has 4 aromatic carbocycles. The number of halogens is 2. The van der Waals surface area contributed by atoms with Gasteiger partial charge in [0.25, 0.3) is 0 Å². The van der Waals surface area contributed by atoms with Crippen LogP contribution in [0.2, 0.25) is 0 Å². The summed E-state index contributed by atoms with van der Waals surface area (Å²) in [5, 5.41) is 0. The van der Waals surface area contributed by atoms with E-state index in [0.717, 1.165) is 0 Å². The van der Waals surface area contributed by atoms with Crippen LogP contribution in [0.5, 0.6) is 0 Å². The summed E-state index contributed by atoms with van der Waals surface area (Å²) in [6, 6.07) is 37.4. The van der Waals surface area contributed by atoms with E-state index in [1.807, 2.05) is 0 Å². The molecular weight excluding hydrogens is 643 g/mol.